The van der Waals surface area contributed by atoms with Crippen LogP contribution in [-0.4, -0.2) is 113 Å². The van der Waals surface area contributed by atoms with Gasteiger partial charge in [-0.1, -0.05) is 24.3 Å². The van der Waals surface area contributed by atoms with Gasteiger partial charge in [0.15, 0.2) is 5.82 Å². The number of aromatic nitrogens is 4. The quantitative estimate of drug-likeness (QED) is 0.113. The molecule has 3 fully saturated rings. The Balaban J connectivity index is 1.18. The Morgan fingerprint density at radius 2 is 1.59 bits per heavy atom. The molecule has 0 aliphatic carbocycles. The number of pyridine rings is 2. The molecule has 0 saturated carbocycles. The summed E-state index contributed by atoms with van der Waals surface area (Å²) in [7, 11) is 5.16. The van der Waals surface area contributed by atoms with Crippen LogP contribution in [0.3, 0.4) is 0 Å². The fraction of sp³-hybridized carbons (Fsp3) is 0.479. The van der Waals surface area contributed by atoms with Gasteiger partial charge < -0.3 is 33.6 Å². The van der Waals surface area contributed by atoms with Crippen molar-refractivity contribution in [2.75, 3.05) is 63.9 Å². The van der Waals surface area contributed by atoms with Gasteiger partial charge in [0.05, 0.1) is 30.8 Å². The van der Waals surface area contributed by atoms with E-state index in [0.717, 1.165) is 53.1 Å². The topological polar surface area (TPSA) is 119 Å². The standard InChI is InChI=1S/C48H58F2N8O5/c1-30-22-39(57(25-32-10-14-36(60-7)15-11-32)26-33-12-16-37(61-8)17-13-33)52-41(31(30)2)43-40(50)42-38(24-51-43)44(55(6)35-18-21-56(28-35)46(59)63-47(3,4)5)54-45(53-42)62-29-48-19-9-20-58(48)27-34(49)23-48/h10-17,22,24,34-35H,9,18-21,23,25-29H2,1-8H3/t34-,35-,48+/m1/s1. The maximum absolute atomic E-state index is 17.5. The number of aryl methyl sites for hydroxylation is 1. The SMILES string of the molecule is COc1ccc(CN(Cc2ccc(OC)cc2)c2cc(C)c(C)c(-c3ncc4c(N(C)[C@@H]5CCN(C(=O)OC(C)(C)C)C5)nc(OC[C@@]56CCCN5C[C@H](F)C6)nc4c3F)n2)cc1. The Morgan fingerprint density at radius 1 is 0.921 bits per heavy atom. The second-order valence-electron chi connectivity index (χ2n) is 18.2. The van der Waals surface area contributed by atoms with Crippen molar-refractivity contribution >= 4 is 28.6 Å². The van der Waals surface area contributed by atoms with Crippen LogP contribution in [0, 0.1) is 19.7 Å². The van der Waals surface area contributed by atoms with Crippen molar-refractivity contribution in [3.8, 4) is 28.9 Å². The number of likely N-dealkylation sites (N-methyl/N-ethyl adjacent to an activating group) is 1. The lowest BCUT2D eigenvalue weighted by atomic mass is 9.95. The monoisotopic (exact) mass is 864 g/mol. The normalized spacial score (nSPS) is 19.9. The van der Waals surface area contributed by atoms with Crippen LogP contribution in [0.5, 0.6) is 17.5 Å². The summed E-state index contributed by atoms with van der Waals surface area (Å²) in [5.41, 5.74) is 3.13. The third kappa shape index (κ3) is 9.29. The third-order valence-electron chi connectivity index (χ3n) is 12.7. The Morgan fingerprint density at radius 3 is 2.22 bits per heavy atom. The summed E-state index contributed by atoms with van der Waals surface area (Å²) in [5.74, 6) is 1.92. The molecule has 15 heteroatoms. The first-order valence-corrected chi connectivity index (χ1v) is 21.7. The number of anilines is 2. The van der Waals surface area contributed by atoms with Crippen LogP contribution in [-0.2, 0) is 17.8 Å². The number of halogens is 2. The summed E-state index contributed by atoms with van der Waals surface area (Å²) in [6, 6.07) is 17.6. The molecule has 3 atom stereocenters. The van der Waals surface area contributed by atoms with Gasteiger partial charge >= 0.3 is 12.1 Å². The van der Waals surface area contributed by atoms with Crippen LogP contribution in [0.4, 0.5) is 25.2 Å². The van der Waals surface area contributed by atoms with Gasteiger partial charge in [-0.3, -0.25) is 9.88 Å². The van der Waals surface area contributed by atoms with Crippen molar-refractivity contribution in [2.45, 2.75) is 96.7 Å². The van der Waals surface area contributed by atoms with Crippen LogP contribution >= 0.6 is 0 Å². The maximum atomic E-state index is 17.5. The average Bonchev–Trinajstić information content (AvgIpc) is 3.99. The second-order valence-corrected chi connectivity index (χ2v) is 18.2. The van der Waals surface area contributed by atoms with E-state index in [1.807, 2.05) is 101 Å². The van der Waals surface area contributed by atoms with E-state index < -0.39 is 23.1 Å². The molecule has 3 aliphatic rings. The molecule has 1 amide bonds. The van der Waals surface area contributed by atoms with Crippen molar-refractivity contribution < 1.29 is 32.5 Å². The highest BCUT2D eigenvalue weighted by Crippen LogP contribution is 2.41. The van der Waals surface area contributed by atoms with E-state index in [4.69, 9.17) is 38.9 Å². The Hall–Kier alpha value is -5.83. The smallest absolute Gasteiger partial charge is 0.410 e. The lowest BCUT2D eigenvalue weighted by Crippen LogP contribution is -2.43. The third-order valence-corrected chi connectivity index (χ3v) is 12.7. The van der Waals surface area contributed by atoms with Gasteiger partial charge in [-0.2, -0.15) is 9.97 Å². The van der Waals surface area contributed by atoms with Gasteiger partial charge in [0.25, 0.3) is 0 Å². The first-order chi connectivity index (χ1) is 30.1. The molecular weight excluding hydrogens is 807 g/mol. The van der Waals surface area contributed by atoms with Crippen molar-refractivity contribution in [3.63, 3.8) is 0 Å². The fourth-order valence-corrected chi connectivity index (χ4v) is 9.12. The number of rotatable bonds is 13. The molecule has 3 saturated heterocycles. The van der Waals surface area contributed by atoms with Crippen molar-refractivity contribution in [1.82, 2.24) is 29.7 Å². The molecule has 2 aromatic carbocycles. The van der Waals surface area contributed by atoms with E-state index in [2.05, 4.69) is 9.80 Å². The van der Waals surface area contributed by atoms with Crippen LogP contribution in [0.1, 0.15) is 68.7 Å². The minimum absolute atomic E-state index is 0.00861. The number of fused-ring (bicyclic) bond motifs is 2. The number of likely N-dealkylation sites (tertiary alicyclic amines) is 1. The van der Waals surface area contributed by atoms with E-state index in [1.54, 1.807) is 25.3 Å². The number of alkyl halides is 1. The molecule has 3 aliphatic heterocycles. The van der Waals surface area contributed by atoms with Gasteiger partial charge in [-0.15, -0.1) is 0 Å². The molecule has 0 radical (unpaired) electrons. The minimum Gasteiger partial charge on any atom is -0.497 e. The summed E-state index contributed by atoms with van der Waals surface area (Å²) in [6.07, 6.45) is 3.03. The van der Waals surface area contributed by atoms with Crippen LogP contribution in [0.15, 0.2) is 60.8 Å². The number of hydrogen-bond acceptors (Lipinski definition) is 12. The van der Waals surface area contributed by atoms with Crippen molar-refractivity contribution in [3.05, 3.63) is 88.9 Å². The molecule has 334 valence electrons. The highest BCUT2D eigenvalue weighted by molar-refractivity contribution is 5.92. The lowest BCUT2D eigenvalue weighted by Gasteiger charge is -2.31. The van der Waals surface area contributed by atoms with E-state index in [-0.39, 0.29) is 36.0 Å². The molecule has 8 rings (SSSR count). The summed E-state index contributed by atoms with van der Waals surface area (Å²) in [5, 5.41) is 0.387. The van der Waals surface area contributed by atoms with Gasteiger partial charge in [-0.25, -0.2) is 18.6 Å². The minimum atomic E-state index is -0.937. The summed E-state index contributed by atoms with van der Waals surface area (Å²) in [6.45, 7) is 12.7. The highest BCUT2D eigenvalue weighted by Gasteiger charge is 2.49. The number of benzene rings is 2. The van der Waals surface area contributed by atoms with Crippen LogP contribution in [0.2, 0.25) is 0 Å². The molecule has 13 nitrogen and oxygen atoms in total. The lowest BCUT2D eigenvalue weighted by molar-refractivity contribution is 0.0292. The summed E-state index contributed by atoms with van der Waals surface area (Å²) in [4.78, 5) is 40.5. The Labute approximate surface area is 368 Å². The molecule has 0 N–H and O–H groups in total. The van der Waals surface area contributed by atoms with Gasteiger partial charge in [-0.05, 0) is 113 Å². The molecule has 0 bridgehead atoms. The Bertz CT molecular complexity index is 2400. The first-order valence-electron chi connectivity index (χ1n) is 21.7. The van der Waals surface area contributed by atoms with Crippen LogP contribution < -0.4 is 24.0 Å². The number of ether oxygens (including phenoxy) is 4. The number of carbonyl (C=O) groups excluding carboxylic acids is 1. The average molecular weight is 865 g/mol. The fourth-order valence-electron chi connectivity index (χ4n) is 9.12. The van der Waals surface area contributed by atoms with E-state index in [1.165, 1.54) is 0 Å². The number of carbonyl (C=O) groups is 1. The molecule has 0 unspecified atom stereocenters. The maximum Gasteiger partial charge on any atom is 0.410 e. The van der Waals surface area contributed by atoms with E-state index >= 15 is 4.39 Å². The largest absolute Gasteiger partial charge is 0.497 e. The number of amides is 1. The highest BCUT2D eigenvalue weighted by atomic mass is 19.1. The summed E-state index contributed by atoms with van der Waals surface area (Å²) >= 11 is 0. The molecule has 6 heterocycles. The zero-order chi connectivity index (χ0) is 44.6. The van der Waals surface area contributed by atoms with E-state index in [9.17, 15) is 9.18 Å². The molecule has 63 heavy (non-hydrogen) atoms. The predicted molar refractivity (Wildman–Crippen MR) is 239 cm³/mol. The Kier molecular flexibility index (Phi) is 12.3. The predicted octanol–water partition coefficient (Wildman–Crippen LogP) is 8.47. The number of hydrogen-bond donors (Lipinski definition) is 0. The van der Waals surface area contributed by atoms with Gasteiger partial charge in [0, 0.05) is 58.4 Å². The van der Waals surface area contributed by atoms with Gasteiger partial charge in [0.2, 0.25) is 0 Å². The van der Waals surface area contributed by atoms with Gasteiger partial charge in [0.1, 0.15) is 52.7 Å². The van der Waals surface area contributed by atoms with E-state index in [0.29, 0.717) is 68.3 Å². The molecule has 3 aromatic heterocycles. The van der Waals surface area contributed by atoms with Crippen molar-refractivity contribution in [2.24, 2.45) is 0 Å². The second kappa shape index (κ2) is 17.7. The molecule has 5 aromatic rings. The zero-order valence-electron chi connectivity index (χ0n) is 37.6. The zero-order valence-corrected chi connectivity index (χ0v) is 37.6. The summed E-state index contributed by atoms with van der Waals surface area (Å²) < 4.78 is 55.2. The van der Waals surface area contributed by atoms with Crippen molar-refractivity contribution in [1.29, 1.82) is 0 Å². The first kappa shape index (κ1) is 43.8. The molecule has 0 spiro atoms. The number of nitrogens with zero attached hydrogens (tertiary/aromatic N) is 8. The number of methoxy groups -OCH3 is 2. The molecular formula is C48H58F2N8O5. The van der Waals surface area contributed by atoms with Crippen LogP contribution in [0.25, 0.3) is 22.3 Å².